The third kappa shape index (κ3) is 3.46. The lowest BCUT2D eigenvalue weighted by molar-refractivity contribution is 0.0923. The SMILES string of the molecule is CC(C)C(NC(=O)c1cnn(-c2ccccc2)c1)c1nc2ccccc2[nH]1. The minimum atomic E-state index is -0.218. The van der Waals surface area contributed by atoms with Gasteiger partial charge in [-0.3, -0.25) is 4.79 Å². The number of nitrogens with zero attached hydrogens (tertiary/aromatic N) is 3. The molecule has 0 aliphatic rings. The van der Waals surface area contributed by atoms with Crippen LogP contribution < -0.4 is 5.32 Å². The summed E-state index contributed by atoms with van der Waals surface area (Å²) in [5.41, 5.74) is 3.28. The van der Waals surface area contributed by atoms with Crippen molar-refractivity contribution in [3.05, 3.63) is 78.4 Å². The zero-order valence-electron chi connectivity index (χ0n) is 15.3. The molecule has 2 heterocycles. The average Bonchev–Trinajstić information content (AvgIpc) is 3.33. The number of nitrogens with one attached hydrogen (secondary N) is 2. The number of carbonyl (C=O) groups is 1. The molecule has 2 aromatic carbocycles. The maximum atomic E-state index is 12.8. The lowest BCUT2D eigenvalue weighted by atomic mass is 10.0. The summed E-state index contributed by atoms with van der Waals surface area (Å²) >= 11 is 0. The Bertz CT molecular complexity index is 1030. The number of rotatable bonds is 5. The van der Waals surface area contributed by atoms with Crippen molar-refractivity contribution in [2.24, 2.45) is 5.92 Å². The Kier molecular flexibility index (Phi) is 4.46. The number of fused-ring (bicyclic) bond motifs is 1. The number of H-pyrrole nitrogens is 1. The van der Waals surface area contributed by atoms with Gasteiger partial charge >= 0.3 is 0 Å². The lowest BCUT2D eigenvalue weighted by Gasteiger charge is -2.19. The smallest absolute Gasteiger partial charge is 0.255 e. The van der Waals surface area contributed by atoms with Gasteiger partial charge in [0.05, 0.1) is 34.5 Å². The molecule has 27 heavy (non-hydrogen) atoms. The van der Waals surface area contributed by atoms with Crippen molar-refractivity contribution in [3.8, 4) is 5.69 Å². The zero-order valence-corrected chi connectivity index (χ0v) is 15.3. The van der Waals surface area contributed by atoms with Crippen molar-refractivity contribution >= 4 is 16.9 Å². The van der Waals surface area contributed by atoms with Gasteiger partial charge in [0.15, 0.2) is 0 Å². The second-order valence-electron chi connectivity index (χ2n) is 6.84. The molecule has 0 bridgehead atoms. The van der Waals surface area contributed by atoms with Gasteiger partial charge in [0.1, 0.15) is 5.82 Å². The molecule has 0 radical (unpaired) electrons. The topological polar surface area (TPSA) is 75.6 Å². The highest BCUT2D eigenvalue weighted by Gasteiger charge is 2.23. The summed E-state index contributed by atoms with van der Waals surface area (Å²) in [6.45, 7) is 4.12. The molecular weight excluding hydrogens is 338 g/mol. The summed E-state index contributed by atoms with van der Waals surface area (Å²) in [6, 6.07) is 17.3. The first kappa shape index (κ1) is 17.0. The zero-order chi connectivity index (χ0) is 18.8. The molecule has 6 heteroatoms. The van der Waals surface area contributed by atoms with Gasteiger partial charge in [-0.05, 0) is 30.2 Å². The molecule has 0 fully saturated rings. The van der Waals surface area contributed by atoms with Crippen LogP contribution in [0.3, 0.4) is 0 Å². The van der Waals surface area contributed by atoms with Gasteiger partial charge in [-0.2, -0.15) is 5.10 Å². The molecule has 0 saturated heterocycles. The maximum absolute atomic E-state index is 12.8. The number of para-hydroxylation sites is 3. The predicted octanol–water partition coefficient (Wildman–Crippen LogP) is 3.88. The van der Waals surface area contributed by atoms with E-state index in [1.807, 2.05) is 54.6 Å². The van der Waals surface area contributed by atoms with Crippen molar-refractivity contribution in [2.45, 2.75) is 19.9 Å². The molecule has 1 amide bonds. The van der Waals surface area contributed by atoms with Crippen molar-refractivity contribution in [1.82, 2.24) is 25.1 Å². The predicted molar refractivity (Wildman–Crippen MR) is 105 cm³/mol. The highest BCUT2D eigenvalue weighted by molar-refractivity contribution is 5.94. The molecule has 6 nitrogen and oxygen atoms in total. The molecule has 2 N–H and O–H groups in total. The average molecular weight is 359 g/mol. The van der Waals surface area contributed by atoms with Gasteiger partial charge in [-0.1, -0.05) is 44.2 Å². The molecule has 0 saturated carbocycles. The molecule has 4 aromatic rings. The monoisotopic (exact) mass is 359 g/mol. The van der Waals surface area contributed by atoms with Gasteiger partial charge in [0, 0.05) is 6.20 Å². The normalized spacial score (nSPS) is 12.4. The first-order valence-corrected chi connectivity index (χ1v) is 8.97. The Hall–Kier alpha value is -3.41. The second kappa shape index (κ2) is 7.07. The van der Waals surface area contributed by atoms with Crippen LogP contribution in [-0.4, -0.2) is 25.7 Å². The van der Waals surface area contributed by atoms with Crippen molar-refractivity contribution < 1.29 is 4.79 Å². The van der Waals surface area contributed by atoms with Gasteiger partial charge in [-0.25, -0.2) is 9.67 Å². The van der Waals surface area contributed by atoms with Crippen LogP contribution in [0.4, 0.5) is 0 Å². The summed E-state index contributed by atoms with van der Waals surface area (Å²) in [4.78, 5) is 20.7. The van der Waals surface area contributed by atoms with Crippen LogP contribution in [0.5, 0.6) is 0 Å². The third-order valence-corrected chi connectivity index (χ3v) is 4.52. The van der Waals surface area contributed by atoms with Crippen LogP contribution in [0.25, 0.3) is 16.7 Å². The van der Waals surface area contributed by atoms with Crippen LogP contribution in [0.1, 0.15) is 36.1 Å². The van der Waals surface area contributed by atoms with E-state index in [-0.39, 0.29) is 17.9 Å². The fourth-order valence-corrected chi connectivity index (χ4v) is 3.06. The molecule has 1 unspecified atom stereocenters. The minimum Gasteiger partial charge on any atom is -0.342 e. The molecule has 0 aliphatic heterocycles. The minimum absolute atomic E-state index is 0.170. The number of hydrogen-bond donors (Lipinski definition) is 2. The van der Waals surface area contributed by atoms with E-state index in [1.165, 1.54) is 0 Å². The standard InChI is InChI=1S/C21H21N5O/c1-14(2)19(20-23-17-10-6-7-11-18(17)24-20)25-21(27)15-12-22-26(13-15)16-8-4-3-5-9-16/h3-14,19H,1-2H3,(H,23,24)(H,25,27). The fraction of sp³-hybridized carbons (Fsp3) is 0.190. The third-order valence-electron chi connectivity index (χ3n) is 4.52. The number of benzene rings is 2. The summed E-state index contributed by atoms with van der Waals surface area (Å²) in [5.74, 6) is 0.769. The van der Waals surface area contributed by atoms with Gasteiger partial charge in [0.2, 0.25) is 0 Å². The quantitative estimate of drug-likeness (QED) is 0.568. The summed E-state index contributed by atoms with van der Waals surface area (Å²) < 4.78 is 1.69. The van der Waals surface area contributed by atoms with E-state index >= 15 is 0 Å². The fourth-order valence-electron chi connectivity index (χ4n) is 3.06. The van der Waals surface area contributed by atoms with Crippen LogP contribution in [-0.2, 0) is 0 Å². The van der Waals surface area contributed by atoms with Crippen LogP contribution >= 0.6 is 0 Å². The summed E-state index contributed by atoms with van der Waals surface area (Å²) in [7, 11) is 0. The van der Waals surface area contributed by atoms with Crippen LogP contribution in [0.15, 0.2) is 67.0 Å². The second-order valence-corrected chi connectivity index (χ2v) is 6.84. The molecule has 0 aliphatic carbocycles. The maximum Gasteiger partial charge on any atom is 0.255 e. The van der Waals surface area contributed by atoms with Crippen LogP contribution in [0, 0.1) is 5.92 Å². The van der Waals surface area contributed by atoms with Gasteiger partial charge in [-0.15, -0.1) is 0 Å². The first-order chi connectivity index (χ1) is 13.1. The van der Waals surface area contributed by atoms with E-state index in [9.17, 15) is 4.79 Å². The molecule has 2 aromatic heterocycles. The first-order valence-electron chi connectivity index (χ1n) is 8.97. The number of amides is 1. The van der Waals surface area contributed by atoms with E-state index in [1.54, 1.807) is 17.1 Å². The van der Waals surface area contributed by atoms with Crippen molar-refractivity contribution in [1.29, 1.82) is 0 Å². The Morgan fingerprint density at radius 2 is 1.81 bits per heavy atom. The number of imidazole rings is 1. The number of hydrogen-bond acceptors (Lipinski definition) is 3. The van der Waals surface area contributed by atoms with E-state index in [0.717, 1.165) is 22.5 Å². The van der Waals surface area contributed by atoms with Crippen molar-refractivity contribution in [2.75, 3.05) is 0 Å². The Morgan fingerprint density at radius 3 is 2.56 bits per heavy atom. The Morgan fingerprint density at radius 1 is 1.07 bits per heavy atom. The van der Waals surface area contributed by atoms with Crippen molar-refractivity contribution in [3.63, 3.8) is 0 Å². The highest BCUT2D eigenvalue weighted by atomic mass is 16.1. The van der Waals surface area contributed by atoms with Crippen LogP contribution in [0.2, 0.25) is 0 Å². The molecule has 1 atom stereocenters. The largest absolute Gasteiger partial charge is 0.342 e. The lowest BCUT2D eigenvalue weighted by Crippen LogP contribution is -2.32. The molecule has 0 spiro atoms. The van der Waals surface area contributed by atoms with E-state index in [0.29, 0.717) is 5.56 Å². The summed E-state index contributed by atoms with van der Waals surface area (Å²) in [6.07, 6.45) is 3.32. The Balaban J connectivity index is 1.57. The van der Waals surface area contributed by atoms with E-state index in [4.69, 9.17) is 0 Å². The number of aromatic nitrogens is 4. The van der Waals surface area contributed by atoms with E-state index in [2.05, 4.69) is 34.2 Å². The number of carbonyl (C=O) groups excluding carboxylic acids is 1. The summed E-state index contributed by atoms with van der Waals surface area (Å²) in [5, 5.41) is 7.39. The molecule has 4 rings (SSSR count). The highest BCUT2D eigenvalue weighted by Crippen LogP contribution is 2.22. The Labute approximate surface area is 157 Å². The van der Waals surface area contributed by atoms with Gasteiger partial charge in [0.25, 0.3) is 5.91 Å². The van der Waals surface area contributed by atoms with E-state index < -0.39 is 0 Å². The molecule has 136 valence electrons. The number of aromatic amines is 1. The van der Waals surface area contributed by atoms with Gasteiger partial charge < -0.3 is 10.3 Å². The molecular formula is C21H21N5O.